The van der Waals surface area contributed by atoms with Gasteiger partial charge in [0.05, 0.1) is 25.3 Å². The first-order valence-electron chi connectivity index (χ1n) is 8.09. The lowest BCUT2D eigenvalue weighted by Gasteiger charge is -2.13. The highest BCUT2D eigenvalue weighted by Gasteiger charge is 2.13. The van der Waals surface area contributed by atoms with Gasteiger partial charge in [0.1, 0.15) is 5.75 Å². The second-order valence-electron chi connectivity index (χ2n) is 5.19. The van der Waals surface area contributed by atoms with Gasteiger partial charge in [-0.05, 0) is 49.7 Å². The highest BCUT2D eigenvalue weighted by atomic mass is 35.5. The third kappa shape index (κ3) is 5.03. The van der Waals surface area contributed by atoms with Gasteiger partial charge in [0.25, 0.3) is 5.91 Å². The number of carbonyl (C=O) groups is 1. The first-order valence-corrected chi connectivity index (χ1v) is 8.47. The Morgan fingerprint density at radius 1 is 1.12 bits per heavy atom. The number of nitrogens with one attached hydrogen (secondary N) is 1. The Labute approximate surface area is 152 Å². The van der Waals surface area contributed by atoms with Gasteiger partial charge < -0.3 is 19.5 Å². The Morgan fingerprint density at radius 2 is 1.88 bits per heavy atom. The van der Waals surface area contributed by atoms with Crippen LogP contribution in [0.25, 0.3) is 0 Å². The van der Waals surface area contributed by atoms with E-state index in [4.69, 9.17) is 25.8 Å². The number of carbonyl (C=O) groups excluding carboxylic acids is 1. The minimum Gasteiger partial charge on any atom is -0.494 e. The topological polar surface area (TPSA) is 56.8 Å². The predicted molar refractivity (Wildman–Crippen MR) is 98.0 cm³/mol. The van der Waals surface area contributed by atoms with Gasteiger partial charge in [0.2, 0.25) is 0 Å². The Bertz CT molecular complexity index is 733. The van der Waals surface area contributed by atoms with Crippen LogP contribution >= 0.6 is 11.6 Å². The fourth-order valence-electron chi connectivity index (χ4n) is 2.34. The molecule has 0 spiro atoms. The average molecular weight is 364 g/mol. The molecule has 0 saturated carbocycles. The number of benzene rings is 2. The van der Waals surface area contributed by atoms with Gasteiger partial charge in [-0.3, -0.25) is 4.79 Å². The van der Waals surface area contributed by atoms with Gasteiger partial charge in [0.15, 0.2) is 11.5 Å². The molecule has 0 unspecified atom stereocenters. The molecule has 6 heteroatoms. The molecule has 2 aromatic rings. The molecule has 0 fully saturated rings. The minimum absolute atomic E-state index is 0.189. The van der Waals surface area contributed by atoms with Crippen LogP contribution in [0.4, 0.5) is 0 Å². The summed E-state index contributed by atoms with van der Waals surface area (Å²) in [6.45, 7) is 5.13. The molecule has 0 atom stereocenters. The number of amides is 1. The van der Waals surface area contributed by atoms with Gasteiger partial charge in [-0.1, -0.05) is 17.7 Å². The molecular formula is C19H22ClNO4. The van der Waals surface area contributed by atoms with Crippen molar-refractivity contribution in [2.75, 3.05) is 20.3 Å². The summed E-state index contributed by atoms with van der Waals surface area (Å²) in [4.78, 5) is 12.3. The standard InChI is InChI=1S/C19H22ClNO4/c1-4-24-15-8-6-7-14(11-15)19(22)21-12-13-9-16(20)18(25-5-2)17(10-13)23-3/h6-11H,4-5,12H2,1-3H3,(H,21,22). The summed E-state index contributed by atoms with van der Waals surface area (Å²) in [6, 6.07) is 10.6. The van der Waals surface area contributed by atoms with Gasteiger partial charge >= 0.3 is 0 Å². The molecule has 0 bridgehead atoms. The fraction of sp³-hybridized carbons (Fsp3) is 0.316. The summed E-state index contributed by atoms with van der Waals surface area (Å²) in [6.07, 6.45) is 0. The number of hydrogen-bond donors (Lipinski definition) is 1. The maximum atomic E-state index is 12.3. The minimum atomic E-state index is -0.189. The van der Waals surface area contributed by atoms with Crippen LogP contribution in [0.15, 0.2) is 36.4 Å². The lowest BCUT2D eigenvalue weighted by atomic mass is 10.1. The van der Waals surface area contributed by atoms with Crippen LogP contribution in [0.3, 0.4) is 0 Å². The predicted octanol–water partition coefficient (Wildman–Crippen LogP) is 4.08. The molecule has 2 rings (SSSR count). The number of halogens is 1. The van der Waals surface area contributed by atoms with Crippen molar-refractivity contribution < 1.29 is 19.0 Å². The monoisotopic (exact) mass is 363 g/mol. The van der Waals surface area contributed by atoms with Crippen molar-refractivity contribution in [2.45, 2.75) is 20.4 Å². The first-order chi connectivity index (χ1) is 12.1. The van der Waals surface area contributed by atoms with E-state index in [1.807, 2.05) is 19.9 Å². The summed E-state index contributed by atoms with van der Waals surface area (Å²) in [5.41, 5.74) is 1.36. The van der Waals surface area contributed by atoms with Crippen molar-refractivity contribution in [3.05, 3.63) is 52.5 Å². The molecule has 0 radical (unpaired) electrons. The van der Waals surface area contributed by atoms with E-state index in [1.165, 1.54) is 0 Å². The van der Waals surface area contributed by atoms with E-state index in [0.717, 1.165) is 5.56 Å². The maximum Gasteiger partial charge on any atom is 0.251 e. The van der Waals surface area contributed by atoms with Crippen molar-refractivity contribution in [3.63, 3.8) is 0 Å². The molecule has 0 aliphatic carbocycles. The zero-order valence-corrected chi connectivity index (χ0v) is 15.4. The Kier molecular flexibility index (Phi) is 6.95. The van der Waals surface area contributed by atoms with Gasteiger partial charge in [-0.15, -0.1) is 0 Å². The van der Waals surface area contributed by atoms with E-state index in [9.17, 15) is 4.79 Å². The highest BCUT2D eigenvalue weighted by Crippen LogP contribution is 2.36. The molecular weight excluding hydrogens is 342 g/mol. The molecule has 0 aliphatic heterocycles. The number of hydrogen-bond acceptors (Lipinski definition) is 4. The first kappa shape index (κ1) is 18.9. The van der Waals surface area contributed by atoms with Crippen LogP contribution in [-0.2, 0) is 6.54 Å². The second kappa shape index (κ2) is 9.18. The fourth-order valence-corrected chi connectivity index (χ4v) is 2.63. The molecule has 2 aromatic carbocycles. The second-order valence-corrected chi connectivity index (χ2v) is 5.59. The summed E-state index contributed by atoms with van der Waals surface area (Å²) >= 11 is 6.25. The van der Waals surface area contributed by atoms with Crippen LogP contribution in [0.5, 0.6) is 17.2 Å². The molecule has 134 valence electrons. The molecule has 0 heterocycles. The van der Waals surface area contributed by atoms with Crippen LogP contribution in [-0.4, -0.2) is 26.2 Å². The van der Waals surface area contributed by atoms with E-state index in [2.05, 4.69) is 5.32 Å². The number of rotatable bonds is 8. The third-order valence-electron chi connectivity index (χ3n) is 3.44. The molecule has 1 amide bonds. The van der Waals surface area contributed by atoms with Crippen LogP contribution in [0.2, 0.25) is 5.02 Å². The summed E-state index contributed by atoms with van der Waals surface area (Å²) < 4.78 is 16.2. The van der Waals surface area contributed by atoms with Crippen molar-refractivity contribution in [1.29, 1.82) is 0 Å². The highest BCUT2D eigenvalue weighted by molar-refractivity contribution is 6.32. The number of methoxy groups -OCH3 is 1. The summed E-state index contributed by atoms with van der Waals surface area (Å²) in [7, 11) is 1.55. The smallest absolute Gasteiger partial charge is 0.251 e. The molecule has 0 aliphatic rings. The van der Waals surface area contributed by atoms with E-state index < -0.39 is 0 Å². The Balaban J connectivity index is 2.09. The average Bonchev–Trinajstić information content (AvgIpc) is 2.62. The molecule has 25 heavy (non-hydrogen) atoms. The molecule has 1 N–H and O–H groups in total. The SMILES string of the molecule is CCOc1cccc(C(=O)NCc2cc(Cl)c(OCC)c(OC)c2)c1. The van der Waals surface area contributed by atoms with Gasteiger partial charge in [0, 0.05) is 12.1 Å². The van der Waals surface area contributed by atoms with Gasteiger partial charge in [-0.25, -0.2) is 0 Å². The molecule has 0 saturated heterocycles. The van der Waals surface area contributed by atoms with Crippen LogP contribution < -0.4 is 19.5 Å². The molecule has 5 nitrogen and oxygen atoms in total. The van der Waals surface area contributed by atoms with Crippen molar-refractivity contribution in [3.8, 4) is 17.2 Å². The van der Waals surface area contributed by atoms with E-state index in [0.29, 0.717) is 47.6 Å². The maximum absolute atomic E-state index is 12.3. The van der Waals surface area contributed by atoms with Gasteiger partial charge in [-0.2, -0.15) is 0 Å². The largest absolute Gasteiger partial charge is 0.494 e. The van der Waals surface area contributed by atoms with Crippen LogP contribution in [0, 0.1) is 0 Å². The lowest BCUT2D eigenvalue weighted by Crippen LogP contribution is -2.22. The summed E-state index contributed by atoms with van der Waals surface area (Å²) in [5, 5.41) is 3.31. The number of ether oxygens (including phenoxy) is 3. The van der Waals surface area contributed by atoms with Crippen molar-refractivity contribution in [1.82, 2.24) is 5.32 Å². The quantitative estimate of drug-likeness (QED) is 0.767. The van der Waals surface area contributed by atoms with E-state index >= 15 is 0 Å². The zero-order chi connectivity index (χ0) is 18.2. The normalized spacial score (nSPS) is 10.2. The molecule has 0 aromatic heterocycles. The van der Waals surface area contributed by atoms with Crippen molar-refractivity contribution in [2.24, 2.45) is 0 Å². The Hall–Kier alpha value is -2.40. The Morgan fingerprint density at radius 3 is 2.56 bits per heavy atom. The lowest BCUT2D eigenvalue weighted by molar-refractivity contribution is 0.0950. The van der Waals surface area contributed by atoms with E-state index in [-0.39, 0.29) is 5.91 Å². The van der Waals surface area contributed by atoms with Crippen molar-refractivity contribution >= 4 is 17.5 Å². The third-order valence-corrected chi connectivity index (χ3v) is 3.72. The van der Waals surface area contributed by atoms with Crippen LogP contribution in [0.1, 0.15) is 29.8 Å². The van der Waals surface area contributed by atoms with E-state index in [1.54, 1.807) is 37.4 Å². The zero-order valence-electron chi connectivity index (χ0n) is 14.6. The summed E-state index contributed by atoms with van der Waals surface area (Å²) in [5.74, 6) is 1.52.